The lowest BCUT2D eigenvalue weighted by Gasteiger charge is -2.39. The molecule has 0 N–H and O–H groups in total. The van der Waals surface area contributed by atoms with Gasteiger partial charge in [0, 0.05) is 19.8 Å². The van der Waals surface area contributed by atoms with Gasteiger partial charge in [0.2, 0.25) is 0 Å². The van der Waals surface area contributed by atoms with Gasteiger partial charge < -0.3 is 17.5 Å². The maximum absolute atomic E-state index is 5.93. The van der Waals surface area contributed by atoms with E-state index >= 15 is 0 Å². The van der Waals surface area contributed by atoms with Crippen molar-refractivity contribution in [1.29, 1.82) is 0 Å². The Labute approximate surface area is 157 Å². The van der Waals surface area contributed by atoms with Crippen LogP contribution >= 0.6 is 11.8 Å². The van der Waals surface area contributed by atoms with Crippen molar-refractivity contribution < 1.29 is 13.3 Å². The Bertz CT molecular complexity index is 339. The van der Waals surface area contributed by atoms with Crippen LogP contribution in [0.15, 0.2) is 0 Å². The lowest BCUT2D eigenvalue weighted by Crippen LogP contribution is -2.55. The third kappa shape index (κ3) is 6.53. The standard InChI is InChI=1S/C16H39NO3SSi3/c1-8-18-24(19-9-2,20-10-3)16-21-13-11-12-17-22(4,5)14-15-23(17,6)7/h8-16H2,1-7H3. The van der Waals surface area contributed by atoms with Gasteiger partial charge in [0.1, 0.15) is 16.5 Å². The van der Waals surface area contributed by atoms with E-state index in [4.69, 9.17) is 13.3 Å². The van der Waals surface area contributed by atoms with E-state index in [1.165, 1.54) is 30.8 Å². The summed E-state index contributed by atoms with van der Waals surface area (Å²) in [4.78, 5) is 0. The predicted molar refractivity (Wildman–Crippen MR) is 114 cm³/mol. The van der Waals surface area contributed by atoms with Crippen molar-refractivity contribution >= 4 is 37.0 Å². The van der Waals surface area contributed by atoms with Crippen LogP contribution in [0.25, 0.3) is 0 Å². The number of hydrogen-bond donors (Lipinski definition) is 0. The van der Waals surface area contributed by atoms with Gasteiger partial charge in [-0.3, -0.25) is 0 Å². The lowest BCUT2D eigenvalue weighted by molar-refractivity contribution is 0.0773. The van der Waals surface area contributed by atoms with Gasteiger partial charge in [0.05, 0.1) is 5.38 Å². The van der Waals surface area contributed by atoms with Crippen LogP contribution < -0.4 is 0 Å². The van der Waals surface area contributed by atoms with Gasteiger partial charge >= 0.3 is 8.80 Å². The second-order valence-corrected chi connectivity index (χ2v) is 21.6. The van der Waals surface area contributed by atoms with Crippen molar-refractivity contribution in [2.45, 2.75) is 65.5 Å². The maximum atomic E-state index is 5.93. The van der Waals surface area contributed by atoms with Gasteiger partial charge in [-0.15, -0.1) is 0 Å². The molecule has 0 amide bonds. The van der Waals surface area contributed by atoms with Gasteiger partial charge in [-0.2, -0.15) is 11.8 Å². The smallest absolute Gasteiger partial charge is 0.373 e. The van der Waals surface area contributed by atoms with E-state index in [0.29, 0.717) is 19.8 Å². The van der Waals surface area contributed by atoms with Gasteiger partial charge in [0.15, 0.2) is 0 Å². The average Bonchev–Trinajstić information content (AvgIpc) is 2.70. The molecular weight excluding hydrogens is 371 g/mol. The van der Waals surface area contributed by atoms with Gasteiger partial charge in [-0.25, -0.2) is 0 Å². The molecule has 0 aromatic heterocycles. The Morgan fingerprint density at radius 3 is 1.75 bits per heavy atom. The summed E-state index contributed by atoms with van der Waals surface area (Å²) in [7, 11) is -4.71. The number of hydrogen-bond acceptors (Lipinski definition) is 5. The molecule has 1 aliphatic heterocycles. The molecule has 0 atom stereocenters. The molecule has 8 heteroatoms. The summed E-state index contributed by atoms with van der Waals surface area (Å²) in [6, 6.07) is 2.99. The number of rotatable bonds is 12. The van der Waals surface area contributed by atoms with Crippen LogP contribution in [0.1, 0.15) is 27.2 Å². The number of thioether (sulfide) groups is 1. The highest BCUT2D eigenvalue weighted by atomic mass is 32.2. The topological polar surface area (TPSA) is 30.9 Å². The minimum atomic E-state index is -2.47. The van der Waals surface area contributed by atoms with E-state index in [9.17, 15) is 0 Å². The molecule has 0 spiro atoms. The highest BCUT2D eigenvalue weighted by Crippen LogP contribution is 2.36. The Morgan fingerprint density at radius 1 is 0.875 bits per heavy atom. The molecule has 0 saturated carbocycles. The Kier molecular flexibility index (Phi) is 9.77. The molecule has 1 rings (SSSR count). The first-order valence-corrected chi connectivity index (χ1v) is 18.9. The molecule has 0 aromatic carbocycles. The molecule has 0 radical (unpaired) electrons. The van der Waals surface area contributed by atoms with Gasteiger partial charge in [0.25, 0.3) is 0 Å². The maximum Gasteiger partial charge on any atom is 0.511 e. The predicted octanol–water partition coefficient (Wildman–Crippen LogP) is 4.42. The first-order valence-electron chi connectivity index (χ1n) is 9.50. The quantitative estimate of drug-likeness (QED) is 0.352. The monoisotopic (exact) mass is 409 g/mol. The second kappa shape index (κ2) is 10.2. The van der Waals surface area contributed by atoms with E-state index in [1.54, 1.807) is 0 Å². The average molecular weight is 410 g/mol. The van der Waals surface area contributed by atoms with Crippen LogP contribution in [-0.4, -0.2) is 67.0 Å². The van der Waals surface area contributed by atoms with Crippen LogP contribution in [0.2, 0.25) is 38.3 Å². The Balaban J connectivity index is 2.43. The highest BCUT2D eigenvalue weighted by Gasteiger charge is 2.46. The minimum Gasteiger partial charge on any atom is -0.373 e. The fourth-order valence-electron chi connectivity index (χ4n) is 3.74. The van der Waals surface area contributed by atoms with Gasteiger partial charge in [-0.1, -0.05) is 26.2 Å². The zero-order chi connectivity index (χ0) is 18.3. The van der Waals surface area contributed by atoms with Crippen molar-refractivity contribution in [3.05, 3.63) is 0 Å². The molecule has 0 aliphatic carbocycles. The number of nitrogens with zero attached hydrogens (tertiary/aromatic N) is 1. The summed E-state index contributed by atoms with van der Waals surface area (Å²) in [5, 5.41) is 0.879. The van der Waals surface area contributed by atoms with E-state index < -0.39 is 25.3 Å². The summed E-state index contributed by atoms with van der Waals surface area (Å²) in [6.45, 7) is 19.6. The van der Waals surface area contributed by atoms with Crippen LogP contribution in [0.5, 0.6) is 0 Å². The molecule has 1 saturated heterocycles. The van der Waals surface area contributed by atoms with E-state index in [-0.39, 0.29) is 0 Å². The molecule has 4 nitrogen and oxygen atoms in total. The van der Waals surface area contributed by atoms with Crippen LogP contribution in [0, 0.1) is 0 Å². The SMILES string of the molecule is CCO[Si](CSCCCN1[Si](C)(C)CC[Si]1(C)C)(OCC)OCC. The fraction of sp³-hybridized carbons (Fsp3) is 1.00. The molecule has 0 aromatic rings. The summed E-state index contributed by atoms with van der Waals surface area (Å²) in [5.74, 6) is 1.17. The van der Waals surface area contributed by atoms with Crippen molar-refractivity contribution in [3.63, 3.8) is 0 Å². The largest absolute Gasteiger partial charge is 0.511 e. The molecule has 24 heavy (non-hydrogen) atoms. The van der Waals surface area contributed by atoms with E-state index in [1.807, 2.05) is 32.5 Å². The summed E-state index contributed by atoms with van der Waals surface area (Å²) >= 11 is 1.95. The van der Waals surface area contributed by atoms with Crippen molar-refractivity contribution in [2.24, 2.45) is 0 Å². The van der Waals surface area contributed by atoms with E-state index in [2.05, 4.69) is 30.4 Å². The summed E-state index contributed by atoms with van der Waals surface area (Å²) in [6.07, 6.45) is 1.27. The molecule has 1 aliphatic rings. The third-order valence-corrected chi connectivity index (χ3v) is 20.3. The molecule has 1 fully saturated rings. The van der Waals surface area contributed by atoms with Crippen LogP contribution in [0.4, 0.5) is 0 Å². The van der Waals surface area contributed by atoms with Crippen LogP contribution in [0.3, 0.4) is 0 Å². The third-order valence-electron chi connectivity index (χ3n) is 4.85. The fourth-order valence-corrected chi connectivity index (χ4v) is 22.4. The lowest BCUT2D eigenvalue weighted by atomic mass is 10.5. The summed E-state index contributed by atoms with van der Waals surface area (Å²) in [5.41, 5.74) is 0. The zero-order valence-electron chi connectivity index (χ0n) is 16.9. The molecular formula is C16H39NO3SSi3. The second-order valence-electron chi connectivity index (χ2n) is 7.66. The summed E-state index contributed by atoms with van der Waals surface area (Å²) < 4.78 is 20.8. The normalized spacial score (nSPS) is 20.6. The van der Waals surface area contributed by atoms with Crippen molar-refractivity contribution in [1.82, 2.24) is 4.23 Å². The first kappa shape index (κ1) is 22.9. The molecule has 0 unspecified atom stereocenters. The Hall–Kier alpha value is 0.841. The molecule has 144 valence electrons. The van der Waals surface area contributed by atoms with Gasteiger partial charge in [-0.05, 0) is 51.6 Å². The van der Waals surface area contributed by atoms with Crippen molar-refractivity contribution in [2.75, 3.05) is 37.5 Å². The molecule has 0 bridgehead atoms. The van der Waals surface area contributed by atoms with E-state index in [0.717, 1.165) is 5.38 Å². The zero-order valence-corrected chi connectivity index (χ0v) is 20.8. The first-order chi connectivity index (χ1) is 11.2. The highest BCUT2D eigenvalue weighted by molar-refractivity contribution is 8.00. The van der Waals surface area contributed by atoms with Crippen LogP contribution in [-0.2, 0) is 13.3 Å². The minimum absolute atomic E-state index is 0.667. The molecule has 1 heterocycles. The Morgan fingerprint density at radius 2 is 1.33 bits per heavy atom. The van der Waals surface area contributed by atoms with Crippen molar-refractivity contribution in [3.8, 4) is 0 Å².